The van der Waals surface area contributed by atoms with Crippen molar-refractivity contribution in [2.75, 3.05) is 29.1 Å². The van der Waals surface area contributed by atoms with Crippen LogP contribution in [0.3, 0.4) is 0 Å². The van der Waals surface area contributed by atoms with Crippen molar-refractivity contribution < 1.29 is 9.90 Å². The van der Waals surface area contributed by atoms with Gasteiger partial charge in [-0.05, 0) is 67.1 Å². The van der Waals surface area contributed by atoms with Crippen molar-refractivity contribution in [3.05, 3.63) is 101 Å². The molecule has 8 nitrogen and oxygen atoms in total. The molecule has 0 fully saturated rings. The number of halogens is 1. The molecule has 1 aromatic heterocycles. The Balaban J connectivity index is 1.47. The van der Waals surface area contributed by atoms with Crippen molar-refractivity contribution in [2.45, 2.75) is 6.92 Å². The standard InChI is InChI=1S/C27H25ClN6O2/c1-18-2-4-19(5-3-18)6-15-24(36)20-7-11-22(12-8-20)30-26-32-25(29-16-17-35)33-27(34-26)31-23-13-9-21(28)10-14-23/h2-15,35H,16-17H2,1H3,(H3,29,30,31,32,33,34)/b15-6+. The number of benzene rings is 3. The zero-order chi connectivity index (χ0) is 25.3. The second kappa shape index (κ2) is 11.9. The van der Waals surface area contributed by atoms with E-state index in [1.165, 1.54) is 5.56 Å². The normalized spacial score (nSPS) is 10.9. The molecule has 36 heavy (non-hydrogen) atoms. The van der Waals surface area contributed by atoms with Crippen LogP contribution in [0.2, 0.25) is 5.02 Å². The van der Waals surface area contributed by atoms with E-state index >= 15 is 0 Å². The Morgan fingerprint density at radius 3 is 1.97 bits per heavy atom. The number of anilines is 5. The Labute approximate surface area is 214 Å². The Morgan fingerprint density at radius 2 is 1.39 bits per heavy atom. The molecular weight excluding hydrogens is 476 g/mol. The second-order valence-electron chi connectivity index (χ2n) is 7.90. The first-order valence-corrected chi connectivity index (χ1v) is 11.7. The maximum absolute atomic E-state index is 12.6. The predicted octanol–water partition coefficient (Wildman–Crippen LogP) is 5.62. The van der Waals surface area contributed by atoms with Gasteiger partial charge < -0.3 is 21.1 Å². The van der Waals surface area contributed by atoms with Gasteiger partial charge in [0.05, 0.1) is 6.61 Å². The first-order chi connectivity index (χ1) is 17.5. The van der Waals surface area contributed by atoms with Gasteiger partial charge in [0.2, 0.25) is 17.8 Å². The van der Waals surface area contributed by atoms with Crippen LogP contribution in [0.5, 0.6) is 0 Å². The van der Waals surface area contributed by atoms with E-state index in [2.05, 4.69) is 30.9 Å². The van der Waals surface area contributed by atoms with E-state index in [0.717, 1.165) is 11.3 Å². The summed E-state index contributed by atoms with van der Waals surface area (Å²) in [6.45, 7) is 2.24. The minimum atomic E-state index is -0.0905. The van der Waals surface area contributed by atoms with E-state index in [4.69, 9.17) is 16.7 Å². The van der Waals surface area contributed by atoms with Crippen molar-refractivity contribution in [1.82, 2.24) is 15.0 Å². The molecule has 0 amide bonds. The van der Waals surface area contributed by atoms with Crippen molar-refractivity contribution >= 4 is 52.7 Å². The number of nitrogens with one attached hydrogen (secondary N) is 3. The molecule has 0 saturated heterocycles. The highest BCUT2D eigenvalue weighted by molar-refractivity contribution is 6.30. The predicted molar refractivity (Wildman–Crippen MR) is 144 cm³/mol. The minimum Gasteiger partial charge on any atom is -0.395 e. The average Bonchev–Trinajstić information content (AvgIpc) is 2.89. The molecule has 1 heterocycles. The van der Waals surface area contributed by atoms with Gasteiger partial charge in [0.15, 0.2) is 5.78 Å². The van der Waals surface area contributed by atoms with Gasteiger partial charge in [-0.1, -0.05) is 47.5 Å². The summed E-state index contributed by atoms with van der Waals surface area (Å²) in [5.41, 5.74) is 4.16. The van der Waals surface area contributed by atoms with E-state index in [1.54, 1.807) is 48.6 Å². The Bertz CT molecular complexity index is 1340. The molecule has 4 N–H and O–H groups in total. The Hall–Kier alpha value is -4.27. The fourth-order valence-corrected chi connectivity index (χ4v) is 3.32. The number of carbonyl (C=O) groups excluding carboxylic acids is 1. The summed E-state index contributed by atoms with van der Waals surface area (Å²) < 4.78 is 0. The monoisotopic (exact) mass is 500 g/mol. The van der Waals surface area contributed by atoms with Crippen molar-refractivity contribution in [2.24, 2.45) is 0 Å². The number of aliphatic hydroxyl groups is 1. The zero-order valence-corrected chi connectivity index (χ0v) is 20.3. The molecular formula is C27H25ClN6O2. The van der Waals surface area contributed by atoms with E-state index in [9.17, 15) is 4.79 Å². The first-order valence-electron chi connectivity index (χ1n) is 11.3. The quantitative estimate of drug-likeness (QED) is 0.164. The highest BCUT2D eigenvalue weighted by Gasteiger charge is 2.09. The topological polar surface area (TPSA) is 112 Å². The molecule has 4 rings (SSSR count). The van der Waals surface area contributed by atoms with Gasteiger partial charge in [0.25, 0.3) is 0 Å². The molecule has 0 saturated carbocycles. The highest BCUT2D eigenvalue weighted by atomic mass is 35.5. The molecule has 0 bridgehead atoms. The summed E-state index contributed by atoms with van der Waals surface area (Å²) in [4.78, 5) is 25.7. The van der Waals surface area contributed by atoms with E-state index in [-0.39, 0.29) is 18.9 Å². The summed E-state index contributed by atoms with van der Waals surface area (Å²) in [6, 6.07) is 22.1. The number of aryl methyl sites for hydroxylation is 1. The van der Waals surface area contributed by atoms with Gasteiger partial charge in [-0.3, -0.25) is 4.79 Å². The van der Waals surface area contributed by atoms with Crippen LogP contribution in [0.15, 0.2) is 78.9 Å². The number of carbonyl (C=O) groups is 1. The lowest BCUT2D eigenvalue weighted by atomic mass is 10.1. The van der Waals surface area contributed by atoms with Crippen molar-refractivity contribution in [3.8, 4) is 0 Å². The number of hydrogen-bond acceptors (Lipinski definition) is 8. The molecule has 0 aliphatic heterocycles. The number of aromatic nitrogens is 3. The number of hydrogen-bond donors (Lipinski definition) is 4. The largest absolute Gasteiger partial charge is 0.395 e. The van der Waals surface area contributed by atoms with Crippen LogP contribution in [0.1, 0.15) is 21.5 Å². The highest BCUT2D eigenvalue weighted by Crippen LogP contribution is 2.21. The van der Waals surface area contributed by atoms with Gasteiger partial charge >= 0.3 is 0 Å². The Morgan fingerprint density at radius 1 is 0.833 bits per heavy atom. The number of allylic oxidation sites excluding steroid dienone is 1. The fraction of sp³-hybridized carbons (Fsp3) is 0.111. The molecule has 0 spiro atoms. The van der Waals surface area contributed by atoms with E-state index < -0.39 is 0 Å². The van der Waals surface area contributed by atoms with Crippen LogP contribution in [0, 0.1) is 6.92 Å². The summed E-state index contributed by atoms with van der Waals surface area (Å²) >= 11 is 5.96. The number of rotatable bonds is 10. The summed E-state index contributed by atoms with van der Waals surface area (Å²) in [5.74, 6) is 0.807. The van der Waals surface area contributed by atoms with Crippen molar-refractivity contribution in [3.63, 3.8) is 0 Å². The maximum Gasteiger partial charge on any atom is 0.233 e. The fourth-order valence-electron chi connectivity index (χ4n) is 3.19. The average molecular weight is 501 g/mol. The zero-order valence-electron chi connectivity index (χ0n) is 19.6. The van der Waals surface area contributed by atoms with Crippen molar-refractivity contribution in [1.29, 1.82) is 0 Å². The third-order valence-electron chi connectivity index (χ3n) is 5.06. The number of aliphatic hydroxyl groups excluding tert-OH is 1. The molecule has 0 atom stereocenters. The van der Waals surface area contributed by atoms with E-state index in [1.807, 2.05) is 43.3 Å². The van der Waals surface area contributed by atoms with Crippen LogP contribution >= 0.6 is 11.6 Å². The van der Waals surface area contributed by atoms with Gasteiger partial charge in [-0.2, -0.15) is 15.0 Å². The second-order valence-corrected chi connectivity index (χ2v) is 8.34. The smallest absolute Gasteiger partial charge is 0.233 e. The molecule has 0 aliphatic rings. The third-order valence-corrected chi connectivity index (χ3v) is 5.31. The summed E-state index contributed by atoms with van der Waals surface area (Å²) in [5, 5.41) is 18.9. The van der Waals surface area contributed by atoms with Gasteiger partial charge in [-0.15, -0.1) is 0 Å². The summed E-state index contributed by atoms with van der Waals surface area (Å²) in [6.07, 6.45) is 3.36. The van der Waals surface area contributed by atoms with Crippen LogP contribution < -0.4 is 16.0 Å². The molecule has 182 valence electrons. The first kappa shape index (κ1) is 24.8. The lowest BCUT2D eigenvalue weighted by Gasteiger charge is -2.11. The van der Waals surface area contributed by atoms with Crippen LogP contribution in [0.25, 0.3) is 6.08 Å². The van der Waals surface area contributed by atoms with Crippen LogP contribution in [-0.4, -0.2) is 39.0 Å². The third kappa shape index (κ3) is 7.11. The van der Waals surface area contributed by atoms with Gasteiger partial charge in [-0.25, -0.2) is 0 Å². The number of ketones is 1. The molecule has 0 unspecified atom stereocenters. The molecule has 0 aliphatic carbocycles. The minimum absolute atomic E-state index is 0.0672. The molecule has 4 aromatic rings. The van der Waals surface area contributed by atoms with Crippen LogP contribution in [-0.2, 0) is 0 Å². The molecule has 3 aromatic carbocycles. The molecule has 0 radical (unpaired) electrons. The maximum atomic E-state index is 12.6. The van der Waals surface area contributed by atoms with E-state index in [0.29, 0.717) is 34.1 Å². The lowest BCUT2D eigenvalue weighted by Crippen LogP contribution is -2.12. The SMILES string of the molecule is Cc1ccc(/C=C/C(=O)c2ccc(Nc3nc(NCCO)nc(Nc4ccc(Cl)cc4)n3)cc2)cc1. The summed E-state index contributed by atoms with van der Waals surface area (Å²) in [7, 11) is 0. The van der Waals surface area contributed by atoms with Crippen LogP contribution in [0.4, 0.5) is 29.2 Å². The number of nitrogens with zero attached hydrogens (tertiary/aromatic N) is 3. The lowest BCUT2D eigenvalue weighted by molar-refractivity contribution is 0.104. The Kier molecular flexibility index (Phi) is 8.23. The molecule has 9 heteroatoms. The van der Waals surface area contributed by atoms with Gasteiger partial charge in [0, 0.05) is 28.5 Å². The van der Waals surface area contributed by atoms with Gasteiger partial charge in [0.1, 0.15) is 0 Å².